The lowest BCUT2D eigenvalue weighted by atomic mass is 10.2. The van der Waals surface area contributed by atoms with Crippen LogP contribution in [0.15, 0.2) is 24.3 Å². The minimum Gasteiger partial charge on any atom is -0.480 e. The van der Waals surface area contributed by atoms with Crippen LogP contribution in [0.5, 0.6) is 0 Å². The molecule has 2 rings (SSSR count). The molecule has 2 amide bonds. The largest absolute Gasteiger partial charge is 0.480 e. The summed E-state index contributed by atoms with van der Waals surface area (Å²) >= 11 is 5.77. The van der Waals surface area contributed by atoms with E-state index in [9.17, 15) is 14.4 Å². The Balaban J connectivity index is 2.22. The number of aliphatic carboxylic acids is 1. The van der Waals surface area contributed by atoms with Crippen molar-refractivity contribution in [3.63, 3.8) is 0 Å². The molecule has 0 radical (unpaired) electrons. The van der Waals surface area contributed by atoms with E-state index in [0.717, 1.165) is 4.90 Å². The summed E-state index contributed by atoms with van der Waals surface area (Å²) in [5.41, 5.74) is 0.433. The third-order valence-electron chi connectivity index (χ3n) is 2.99. The number of amides is 2. The smallest absolute Gasteiger partial charge is 0.323 e. The molecule has 6 nitrogen and oxygen atoms in total. The number of carbonyl (C=O) groups is 3. The first-order chi connectivity index (χ1) is 9.47. The molecule has 1 aromatic rings. The van der Waals surface area contributed by atoms with Crippen molar-refractivity contribution in [1.29, 1.82) is 0 Å². The van der Waals surface area contributed by atoms with E-state index in [2.05, 4.69) is 5.32 Å². The second kappa shape index (κ2) is 5.92. The van der Waals surface area contributed by atoms with E-state index in [1.54, 1.807) is 24.3 Å². The van der Waals surface area contributed by atoms with Crippen molar-refractivity contribution < 1.29 is 19.5 Å². The number of rotatable bonds is 4. The topological polar surface area (TPSA) is 86.7 Å². The predicted molar refractivity (Wildman–Crippen MR) is 72.6 cm³/mol. The Morgan fingerprint density at radius 1 is 1.35 bits per heavy atom. The average molecular weight is 297 g/mol. The zero-order valence-corrected chi connectivity index (χ0v) is 11.3. The van der Waals surface area contributed by atoms with Gasteiger partial charge in [0.25, 0.3) is 0 Å². The molecule has 1 heterocycles. The molecule has 1 aromatic carbocycles. The number of carbonyl (C=O) groups excluding carboxylic acids is 2. The van der Waals surface area contributed by atoms with Gasteiger partial charge in [0.05, 0.1) is 0 Å². The molecule has 7 heteroatoms. The molecule has 1 aliphatic heterocycles. The fraction of sp³-hybridized carbons (Fsp3) is 0.308. The van der Waals surface area contributed by atoms with Crippen LogP contribution < -0.4 is 10.2 Å². The second-order valence-electron chi connectivity index (χ2n) is 4.45. The minimum atomic E-state index is -1.13. The van der Waals surface area contributed by atoms with Crippen LogP contribution in [0, 0.1) is 0 Å². The van der Waals surface area contributed by atoms with Crippen molar-refractivity contribution in [1.82, 2.24) is 5.32 Å². The Bertz CT molecular complexity index is 544. The van der Waals surface area contributed by atoms with E-state index in [1.165, 1.54) is 0 Å². The number of carboxylic acid groups (broad SMARTS) is 1. The Hall–Kier alpha value is -2.08. The maximum absolute atomic E-state index is 12.3. The first-order valence-corrected chi connectivity index (χ1v) is 6.43. The van der Waals surface area contributed by atoms with Gasteiger partial charge >= 0.3 is 5.97 Å². The fourth-order valence-corrected chi connectivity index (χ4v) is 2.17. The summed E-state index contributed by atoms with van der Waals surface area (Å²) in [6, 6.07) is 5.62. The first kappa shape index (κ1) is 14.3. The SMILES string of the molecule is O=C(O)CN(C(=O)[C@H]1CCC(=O)N1)c1ccc(Cl)cc1. The average Bonchev–Trinajstić information content (AvgIpc) is 2.83. The lowest BCUT2D eigenvalue weighted by molar-refractivity contribution is -0.136. The highest BCUT2D eigenvalue weighted by Gasteiger charge is 2.32. The molecule has 0 spiro atoms. The summed E-state index contributed by atoms with van der Waals surface area (Å²) in [5, 5.41) is 12.0. The van der Waals surface area contributed by atoms with Crippen molar-refractivity contribution in [2.24, 2.45) is 0 Å². The number of benzene rings is 1. The van der Waals surface area contributed by atoms with Crippen molar-refractivity contribution in [2.45, 2.75) is 18.9 Å². The molecular weight excluding hydrogens is 284 g/mol. The monoisotopic (exact) mass is 296 g/mol. The van der Waals surface area contributed by atoms with E-state index >= 15 is 0 Å². The van der Waals surface area contributed by atoms with E-state index in [0.29, 0.717) is 17.1 Å². The van der Waals surface area contributed by atoms with Gasteiger partial charge in [0.15, 0.2) is 0 Å². The van der Waals surface area contributed by atoms with Crippen LogP contribution in [0.3, 0.4) is 0 Å². The summed E-state index contributed by atoms with van der Waals surface area (Å²) in [6.07, 6.45) is 0.652. The molecule has 0 saturated carbocycles. The number of carboxylic acids is 1. The van der Waals surface area contributed by atoms with Crippen LogP contribution >= 0.6 is 11.6 Å². The molecule has 0 bridgehead atoms. The summed E-state index contributed by atoms with van der Waals surface area (Å²) in [6.45, 7) is -0.465. The molecule has 0 aromatic heterocycles. The molecule has 0 unspecified atom stereocenters. The van der Waals surface area contributed by atoms with Crippen molar-refractivity contribution >= 4 is 35.1 Å². The van der Waals surface area contributed by atoms with Gasteiger partial charge < -0.3 is 10.4 Å². The number of nitrogens with one attached hydrogen (secondary N) is 1. The number of anilines is 1. The summed E-state index contributed by atoms with van der Waals surface area (Å²) in [4.78, 5) is 35.6. The van der Waals surface area contributed by atoms with E-state index < -0.39 is 24.5 Å². The van der Waals surface area contributed by atoms with Crippen LogP contribution in [-0.2, 0) is 14.4 Å². The molecule has 1 fully saturated rings. The minimum absolute atomic E-state index is 0.199. The van der Waals surface area contributed by atoms with Crippen LogP contribution in [0.25, 0.3) is 0 Å². The molecular formula is C13H13ClN2O4. The summed E-state index contributed by atoms with van der Waals surface area (Å²) in [5.74, 6) is -1.76. The van der Waals surface area contributed by atoms with Gasteiger partial charge in [0.2, 0.25) is 11.8 Å². The molecule has 0 aliphatic carbocycles. The van der Waals surface area contributed by atoms with E-state index in [1.807, 2.05) is 0 Å². The number of hydrogen-bond donors (Lipinski definition) is 2. The Labute approximate surface area is 120 Å². The van der Waals surface area contributed by atoms with Crippen LogP contribution in [0.1, 0.15) is 12.8 Å². The Morgan fingerprint density at radius 3 is 2.50 bits per heavy atom. The van der Waals surface area contributed by atoms with Gasteiger partial charge in [0, 0.05) is 17.1 Å². The van der Waals surface area contributed by atoms with Gasteiger partial charge in [-0.05, 0) is 30.7 Å². The van der Waals surface area contributed by atoms with Crippen LogP contribution in [0.4, 0.5) is 5.69 Å². The van der Waals surface area contributed by atoms with Crippen molar-refractivity contribution in [3.8, 4) is 0 Å². The van der Waals surface area contributed by atoms with Gasteiger partial charge in [-0.3, -0.25) is 19.3 Å². The normalized spacial score (nSPS) is 17.6. The highest BCUT2D eigenvalue weighted by Crippen LogP contribution is 2.20. The summed E-state index contributed by atoms with van der Waals surface area (Å²) in [7, 11) is 0. The first-order valence-electron chi connectivity index (χ1n) is 6.05. The lowest BCUT2D eigenvalue weighted by Gasteiger charge is -2.24. The molecule has 1 saturated heterocycles. The predicted octanol–water partition coefficient (Wildman–Crippen LogP) is 1.04. The maximum Gasteiger partial charge on any atom is 0.323 e. The van der Waals surface area contributed by atoms with Gasteiger partial charge in [-0.15, -0.1) is 0 Å². The third kappa shape index (κ3) is 3.27. The standard InChI is InChI=1S/C13H13ClN2O4/c14-8-1-3-9(4-2-8)16(7-12(18)19)13(20)10-5-6-11(17)15-10/h1-4,10H,5-7H2,(H,15,17)(H,18,19)/t10-/m1/s1. The number of nitrogens with zero attached hydrogens (tertiary/aromatic N) is 1. The molecule has 20 heavy (non-hydrogen) atoms. The fourth-order valence-electron chi connectivity index (χ4n) is 2.04. The van der Waals surface area contributed by atoms with Gasteiger partial charge in [-0.1, -0.05) is 11.6 Å². The van der Waals surface area contributed by atoms with E-state index in [-0.39, 0.29) is 12.3 Å². The van der Waals surface area contributed by atoms with Crippen molar-refractivity contribution in [3.05, 3.63) is 29.3 Å². The quantitative estimate of drug-likeness (QED) is 0.869. The van der Waals surface area contributed by atoms with Crippen molar-refractivity contribution in [2.75, 3.05) is 11.4 Å². The third-order valence-corrected chi connectivity index (χ3v) is 3.24. The Kier molecular flexibility index (Phi) is 4.24. The zero-order valence-electron chi connectivity index (χ0n) is 10.5. The highest BCUT2D eigenvalue weighted by atomic mass is 35.5. The summed E-state index contributed by atoms with van der Waals surface area (Å²) < 4.78 is 0. The highest BCUT2D eigenvalue weighted by molar-refractivity contribution is 6.30. The van der Waals surface area contributed by atoms with E-state index in [4.69, 9.17) is 16.7 Å². The molecule has 2 N–H and O–H groups in total. The lowest BCUT2D eigenvalue weighted by Crippen LogP contribution is -2.46. The number of halogens is 1. The second-order valence-corrected chi connectivity index (χ2v) is 4.89. The van der Waals surface area contributed by atoms with Gasteiger partial charge in [0.1, 0.15) is 12.6 Å². The van der Waals surface area contributed by atoms with Gasteiger partial charge in [-0.25, -0.2) is 0 Å². The zero-order chi connectivity index (χ0) is 14.7. The maximum atomic E-state index is 12.3. The number of hydrogen-bond acceptors (Lipinski definition) is 3. The van der Waals surface area contributed by atoms with Crippen LogP contribution in [0.2, 0.25) is 5.02 Å². The Morgan fingerprint density at radius 2 is 2.00 bits per heavy atom. The molecule has 1 atom stereocenters. The molecule has 1 aliphatic rings. The molecule has 106 valence electrons. The van der Waals surface area contributed by atoms with Gasteiger partial charge in [-0.2, -0.15) is 0 Å². The van der Waals surface area contributed by atoms with Crippen LogP contribution in [-0.4, -0.2) is 35.5 Å².